The van der Waals surface area contributed by atoms with Gasteiger partial charge in [-0.2, -0.15) is 4.37 Å². The molecule has 1 aliphatic heterocycles. The van der Waals surface area contributed by atoms with E-state index in [1.54, 1.807) is 7.11 Å². The fourth-order valence-electron chi connectivity index (χ4n) is 2.84. The number of methoxy groups -OCH3 is 1. The maximum absolute atomic E-state index is 12.6. The quantitative estimate of drug-likeness (QED) is 0.774. The Bertz CT molecular complexity index is 758. The summed E-state index contributed by atoms with van der Waals surface area (Å²) in [6.45, 7) is 2.54. The minimum absolute atomic E-state index is 0.305. The number of aromatic nitrogens is 4. The van der Waals surface area contributed by atoms with Crippen LogP contribution >= 0.6 is 11.5 Å². The van der Waals surface area contributed by atoms with Gasteiger partial charge in [-0.3, -0.25) is 9.36 Å². The van der Waals surface area contributed by atoms with Crippen LogP contribution in [0.5, 0.6) is 0 Å². The van der Waals surface area contributed by atoms with E-state index in [4.69, 9.17) is 4.74 Å². The summed E-state index contributed by atoms with van der Waals surface area (Å²) in [7, 11) is 1.61. The zero-order chi connectivity index (χ0) is 17.8. The Morgan fingerprint density at radius 1 is 1.40 bits per heavy atom. The molecule has 2 aromatic heterocycles. The van der Waals surface area contributed by atoms with Crippen molar-refractivity contribution in [3.8, 4) is 0 Å². The molecule has 0 spiro atoms. The van der Waals surface area contributed by atoms with Crippen molar-refractivity contribution in [2.75, 3.05) is 25.1 Å². The highest BCUT2D eigenvalue weighted by Crippen LogP contribution is 2.25. The van der Waals surface area contributed by atoms with Gasteiger partial charge in [-0.1, -0.05) is 0 Å². The summed E-state index contributed by atoms with van der Waals surface area (Å²) in [4.78, 5) is 22.2. The van der Waals surface area contributed by atoms with Crippen LogP contribution in [0.2, 0.25) is 0 Å². The predicted octanol–water partition coefficient (Wildman–Crippen LogP) is 2.10. The number of piperidine rings is 1. The van der Waals surface area contributed by atoms with Gasteiger partial charge in [0.15, 0.2) is 5.82 Å². The minimum Gasteiger partial charge on any atom is -0.377 e. The molecule has 0 bridgehead atoms. The number of halogens is 2. The Morgan fingerprint density at radius 2 is 2.16 bits per heavy atom. The summed E-state index contributed by atoms with van der Waals surface area (Å²) in [6, 6.07) is 0.915. The van der Waals surface area contributed by atoms with Gasteiger partial charge >= 0.3 is 0 Å². The smallest absolute Gasteiger partial charge is 0.280 e. The van der Waals surface area contributed by atoms with Gasteiger partial charge in [0.2, 0.25) is 5.13 Å². The number of alkyl halides is 2. The molecule has 3 rings (SSSR count). The first kappa shape index (κ1) is 17.9. The van der Waals surface area contributed by atoms with Crippen molar-refractivity contribution in [2.24, 2.45) is 5.92 Å². The molecule has 0 atom stereocenters. The molecule has 25 heavy (non-hydrogen) atoms. The van der Waals surface area contributed by atoms with E-state index in [0.29, 0.717) is 24.9 Å². The lowest BCUT2D eigenvalue weighted by atomic mass is 9.97. The maximum Gasteiger partial charge on any atom is 0.280 e. The van der Waals surface area contributed by atoms with Gasteiger partial charge in [0, 0.05) is 44.3 Å². The lowest BCUT2D eigenvalue weighted by Crippen LogP contribution is -2.36. The van der Waals surface area contributed by atoms with Gasteiger partial charge in [0.25, 0.3) is 12.0 Å². The molecule has 0 saturated carbocycles. The fourth-order valence-corrected chi connectivity index (χ4v) is 3.57. The van der Waals surface area contributed by atoms with Gasteiger partial charge in [-0.05, 0) is 18.8 Å². The predicted molar refractivity (Wildman–Crippen MR) is 89.0 cm³/mol. The highest BCUT2D eigenvalue weighted by molar-refractivity contribution is 7.09. The number of anilines is 1. The van der Waals surface area contributed by atoms with Crippen molar-refractivity contribution in [1.82, 2.24) is 18.9 Å². The first-order valence-electron chi connectivity index (χ1n) is 7.98. The number of hydrogen-bond acceptors (Lipinski definition) is 7. The number of rotatable bonds is 6. The van der Waals surface area contributed by atoms with Gasteiger partial charge in [0.05, 0.1) is 6.33 Å². The average Bonchev–Trinajstić information content (AvgIpc) is 3.06. The first-order valence-corrected chi connectivity index (χ1v) is 8.75. The Labute approximate surface area is 147 Å². The van der Waals surface area contributed by atoms with E-state index in [9.17, 15) is 13.6 Å². The molecular weight excluding hydrogens is 352 g/mol. The molecule has 0 unspecified atom stereocenters. The van der Waals surface area contributed by atoms with Crippen molar-refractivity contribution >= 4 is 16.7 Å². The van der Waals surface area contributed by atoms with Crippen molar-refractivity contribution < 1.29 is 13.5 Å². The topological polar surface area (TPSA) is 73.1 Å². The second-order valence-corrected chi connectivity index (χ2v) is 6.69. The zero-order valence-corrected chi connectivity index (χ0v) is 14.6. The third kappa shape index (κ3) is 4.37. The van der Waals surface area contributed by atoms with Crippen LogP contribution in [0.4, 0.5) is 13.9 Å². The third-order valence-electron chi connectivity index (χ3n) is 4.19. The molecular formula is C15H19F2N5O2S. The van der Waals surface area contributed by atoms with E-state index < -0.39 is 17.7 Å². The van der Waals surface area contributed by atoms with Crippen LogP contribution in [-0.4, -0.2) is 39.1 Å². The SMILES string of the molecule is COCc1nsc(N2CCC(Cn3cnc(C(F)F)cc3=O)CC2)n1. The minimum atomic E-state index is -2.72. The van der Waals surface area contributed by atoms with Crippen LogP contribution in [0.15, 0.2) is 17.2 Å². The normalized spacial score (nSPS) is 15.9. The standard InChI is InChI=1S/C15H19F2N5O2S/c1-24-8-12-19-15(25-20-12)21-4-2-10(3-5-21)7-22-9-18-11(14(16)17)6-13(22)23/h6,9-10,14H,2-5,7-8H2,1H3. The summed E-state index contributed by atoms with van der Waals surface area (Å²) < 4.78 is 35.8. The van der Waals surface area contributed by atoms with Crippen molar-refractivity contribution in [3.63, 3.8) is 0 Å². The Kier molecular flexibility index (Phi) is 5.69. The summed E-state index contributed by atoms with van der Waals surface area (Å²) in [5.41, 5.74) is -0.903. The molecule has 0 aliphatic carbocycles. The molecule has 0 N–H and O–H groups in total. The van der Waals surface area contributed by atoms with Gasteiger partial charge in [0.1, 0.15) is 12.3 Å². The Morgan fingerprint density at radius 3 is 2.80 bits per heavy atom. The number of ether oxygens (including phenoxy) is 1. The summed E-state index contributed by atoms with van der Waals surface area (Å²) in [5.74, 6) is 0.987. The molecule has 1 saturated heterocycles. The molecule has 1 fully saturated rings. The van der Waals surface area contributed by atoms with E-state index in [1.165, 1.54) is 22.4 Å². The Hall–Kier alpha value is -1.94. The lowest BCUT2D eigenvalue weighted by Gasteiger charge is -2.31. The first-order chi connectivity index (χ1) is 12.1. The van der Waals surface area contributed by atoms with Crippen LogP contribution < -0.4 is 10.5 Å². The average molecular weight is 371 g/mol. The molecule has 10 heteroatoms. The van der Waals surface area contributed by atoms with Gasteiger partial charge in [-0.25, -0.2) is 18.7 Å². The largest absolute Gasteiger partial charge is 0.377 e. The van der Waals surface area contributed by atoms with Crippen LogP contribution in [0, 0.1) is 5.92 Å². The van der Waals surface area contributed by atoms with Crippen LogP contribution in [0.25, 0.3) is 0 Å². The van der Waals surface area contributed by atoms with E-state index in [0.717, 1.165) is 37.1 Å². The zero-order valence-electron chi connectivity index (χ0n) is 13.8. The molecule has 0 aromatic carbocycles. The second-order valence-electron chi connectivity index (χ2n) is 5.96. The van der Waals surface area contributed by atoms with Gasteiger partial charge < -0.3 is 9.64 Å². The monoisotopic (exact) mass is 371 g/mol. The third-order valence-corrected chi connectivity index (χ3v) is 5.01. The molecule has 136 valence electrons. The summed E-state index contributed by atoms with van der Waals surface area (Å²) >= 11 is 1.36. The van der Waals surface area contributed by atoms with Crippen LogP contribution in [-0.2, 0) is 17.9 Å². The molecule has 0 amide bonds. The van der Waals surface area contributed by atoms with E-state index in [-0.39, 0.29) is 0 Å². The van der Waals surface area contributed by atoms with Crippen molar-refractivity contribution in [3.05, 3.63) is 34.3 Å². The van der Waals surface area contributed by atoms with Crippen LogP contribution in [0.1, 0.15) is 30.8 Å². The van der Waals surface area contributed by atoms with E-state index in [1.807, 2.05) is 0 Å². The van der Waals surface area contributed by atoms with Crippen molar-refractivity contribution in [2.45, 2.75) is 32.4 Å². The van der Waals surface area contributed by atoms with Crippen molar-refractivity contribution in [1.29, 1.82) is 0 Å². The molecule has 1 aliphatic rings. The highest BCUT2D eigenvalue weighted by Gasteiger charge is 2.22. The summed E-state index contributed by atoms with van der Waals surface area (Å²) in [5, 5.41) is 0.880. The van der Waals surface area contributed by atoms with E-state index >= 15 is 0 Å². The fraction of sp³-hybridized carbons (Fsp3) is 0.600. The maximum atomic E-state index is 12.6. The Balaban J connectivity index is 1.56. The molecule has 2 aromatic rings. The van der Waals surface area contributed by atoms with Crippen LogP contribution in [0.3, 0.4) is 0 Å². The molecule has 0 radical (unpaired) electrons. The molecule has 3 heterocycles. The second kappa shape index (κ2) is 7.96. The lowest BCUT2D eigenvalue weighted by molar-refractivity contribution is 0.145. The highest BCUT2D eigenvalue weighted by atomic mass is 32.1. The molecule has 7 nitrogen and oxygen atoms in total. The van der Waals surface area contributed by atoms with Gasteiger partial charge in [-0.15, -0.1) is 0 Å². The summed E-state index contributed by atoms with van der Waals surface area (Å²) in [6.07, 6.45) is 0.281. The number of nitrogens with zero attached hydrogens (tertiary/aromatic N) is 5. The van der Waals surface area contributed by atoms with E-state index in [2.05, 4.69) is 19.2 Å². The number of hydrogen-bond donors (Lipinski definition) is 0.